The number of anilines is 1. The Morgan fingerprint density at radius 1 is 1.29 bits per heavy atom. The van der Waals surface area contributed by atoms with Crippen LogP contribution in [-0.2, 0) is 30.5 Å². The van der Waals surface area contributed by atoms with Crippen LogP contribution in [0.25, 0.3) is 0 Å². The van der Waals surface area contributed by atoms with Gasteiger partial charge in [0.25, 0.3) is 5.56 Å². The Morgan fingerprint density at radius 2 is 2.06 bits per heavy atom. The van der Waals surface area contributed by atoms with Crippen LogP contribution in [0.3, 0.4) is 0 Å². The molecule has 1 aliphatic heterocycles. The summed E-state index contributed by atoms with van der Waals surface area (Å²) < 4.78 is 6.07. The Labute approximate surface area is 199 Å². The number of nitrogens with zero attached hydrogens (tertiary/aromatic N) is 2. The van der Waals surface area contributed by atoms with Crippen molar-refractivity contribution in [1.29, 1.82) is 0 Å². The van der Waals surface area contributed by atoms with Gasteiger partial charge in [-0.2, -0.15) is 0 Å². The van der Waals surface area contributed by atoms with Gasteiger partial charge in [0.15, 0.2) is 0 Å². The minimum atomic E-state index is -0.908. The smallest absolute Gasteiger partial charge is 0.330 e. The monoisotopic (exact) mass is 474 g/mol. The van der Waals surface area contributed by atoms with Crippen molar-refractivity contribution in [3.8, 4) is 0 Å². The molecule has 0 aromatic carbocycles. The summed E-state index contributed by atoms with van der Waals surface area (Å²) >= 11 is 0. The molecule has 0 radical (unpaired) electrons. The van der Waals surface area contributed by atoms with Crippen LogP contribution in [0, 0.1) is 5.92 Å². The van der Waals surface area contributed by atoms with Crippen molar-refractivity contribution in [2.75, 3.05) is 25.0 Å². The molecular weight excluding hydrogens is 440 g/mol. The summed E-state index contributed by atoms with van der Waals surface area (Å²) in [6, 6.07) is 2.13. The maximum absolute atomic E-state index is 12.9. The van der Waals surface area contributed by atoms with E-state index in [4.69, 9.17) is 4.74 Å². The average molecular weight is 475 g/mol. The highest BCUT2D eigenvalue weighted by Gasteiger charge is 2.23. The number of pyridine rings is 1. The molecule has 10 heteroatoms. The van der Waals surface area contributed by atoms with Gasteiger partial charge in [0.05, 0.1) is 6.61 Å². The predicted molar refractivity (Wildman–Crippen MR) is 127 cm³/mol. The van der Waals surface area contributed by atoms with Gasteiger partial charge in [-0.25, -0.2) is 4.79 Å². The maximum Gasteiger partial charge on any atom is 0.330 e. The van der Waals surface area contributed by atoms with Crippen molar-refractivity contribution in [2.45, 2.75) is 59.0 Å². The van der Waals surface area contributed by atoms with Gasteiger partial charge in [-0.15, -0.1) is 0 Å². The Kier molecular flexibility index (Phi) is 10.5. The number of allylic oxidation sites excluding steroid dienone is 1. The van der Waals surface area contributed by atoms with Gasteiger partial charge in [0.1, 0.15) is 18.3 Å². The van der Waals surface area contributed by atoms with Crippen LogP contribution in [0.15, 0.2) is 35.3 Å². The molecule has 1 aromatic rings. The second-order valence-electron chi connectivity index (χ2n) is 8.42. The third kappa shape index (κ3) is 8.49. The number of esters is 1. The van der Waals surface area contributed by atoms with Crippen molar-refractivity contribution < 1.29 is 23.9 Å². The highest BCUT2D eigenvalue weighted by molar-refractivity contribution is 5.96. The van der Waals surface area contributed by atoms with E-state index in [-0.39, 0.29) is 31.2 Å². The van der Waals surface area contributed by atoms with E-state index in [1.807, 2.05) is 0 Å². The summed E-state index contributed by atoms with van der Waals surface area (Å²) in [5.41, 5.74) is -0.484. The van der Waals surface area contributed by atoms with E-state index in [2.05, 4.69) is 17.6 Å². The Morgan fingerprint density at radius 3 is 2.74 bits per heavy atom. The summed E-state index contributed by atoms with van der Waals surface area (Å²) in [7, 11) is 0. The zero-order valence-corrected chi connectivity index (χ0v) is 20.0. The van der Waals surface area contributed by atoms with Crippen LogP contribution in [0.2, 0.25) is 0 Å². The topological polar surface area (TPSA) is 127 Å². The van der Waals surface area contributed by atoms with Crippen molar-refractivity contribution >= 4 is 29.4 Å². The lowest BCUT2D eigenvalue weighted by molar-refractivity contribution is -0.137. The molecule has 10 nitrogen and oxygen atoms in total. The van der Waals surface area contributed by atoms with Crippen molar-refractivity contribution in [1.82, 2.24) is 14.8 Å². The molecule has 0 spiro atoms. The second-order valence-corrected chi connectivity index (χ2v) is 8.42. The molecule has 1 fully saturated rings. The molecule has 34 heavy (non-hydrogen) atoms. The SMILES string of the molecule is CCOC(=O)/C=C/CCC(NC(C)=O)C(=O)Nc1cccn(CC(=O)N2CCCC(C)C2)c1=O. The molecule has 2 heterocycles. The third-order valence-corrected chi connectivity index (χ3v) is 5.45. The van der Waals surface area contributed by atoms with Crippen LogP contribution >= 0.6 is 0 Å². The number of amides is 3. The first-order valence-corrected chi connectivity index (χ1v) is 11.6. The molecule has 2 rings (SSSR count). The second kappa shape index (κ2) is 13.3. The van der Waals surface area contributed by atoms with Crippen LogP contribution in [-0.4, -0.2) is 58.9 Å². The summed E-state index contributed by atoms with van der Waals surface area (Å²) in [4.78, 5) is 63.0. The van der Waals surface area contributed by atoms with E-state index in [1.165, 1.54) is 29.8 Å². The van der Waals surface area contributed by atoms with Crippen molar-refractivity contribution in [3.63, 3.8) is 0 Å². The van der Waals surface area contributed by atoms with E-state index in [1.54, 1.807) is 24.0 Å². The van der Waals surface area contributed by atoms with Gasteiger partial charge in [-0.3, -0.25) is 19.2 Å². The zero-order chi connectivity index (χ0) is 25.1. The lowest BCUT2D eigenvalue weighted by Gasteiger charge is -2.31. The molecule has 2 unspecified atom stereocenters. The number of likely N-dealkylation sites (tertiary alicyclic amines) is 1. The fourth-order valence-corrected chi connectivity index (χ4v) is 3.78. The van der Waals surface area contributed by atoms with E-state index >= 15 is 0 Å². The van der Waals surface area contributed by atoms with Crippen molar-refractivity contribution in [3.05, 3.63) is 40.8 Å². The van der Waals surface area contributed by atoms with Crippen LogP contribution in [0.4, 0.5) is 5.69 Å². The summed E-state index contributed by atoms with van der Waals surface area (Å²) in [6.07, 6.45) is 6.91. The molecule has 186 valence electrons. The molecule has 0 saturated carbocycles. The summed E-state index contributed by atoms with van der Waals surface area (Å²) in [5, 5.41) is 5.11. The van der Waals surface area contributed by atoms with Gasteiger partial charge >= 0.3 is 5.97 Å². The first-order chi connectivity index (χ1) is 16.2. The molecule has 2 atom stereocenters. The first-order valence-electron chi connectivity index (χ1n) is 11.6. The maximum atomic E-state index is 12.9. The fraction of sp³-hybridized carbons (Fsp3) is 0.542. The minimum absolute atomic E-state index is 0.0183. The average Bonchev–Trinajstić information content (AvgIpc) is 2.78. The van der Waals surface area contributed by atoms with Gasteiger partial charge in [0.2, 0.25) is 17.7 Å². The normalized spacial score (nSPS) is 16.7. The fourth-order valence-electron chi connectivity index (χ4n) is 3.78. The lowest BCUT2D eigenvalue weighted by atomic mass is 10.0. The number of hydrogen-bond acceptors (Lipinski definition) is 6. The van der Waals surface area contributed by atoms with Crippen LogP contribution < -0.4 is 16.2 Å². The Hall–Kier alpha value is -3.43. The molecule has 0 bridgehead atoms. The number of piperidine rings is 1. The minimum Gasteiger partial charge on any atom is -0.463 e. The highest BCUT2D eigenvalue weighted by Crippen LogP contribution is 2.15. The number of rotatable bonds is 10. The summed E-state index contributed by atoms with van der Waals surface area (Å²) in [5.74, 6) is -1.16. The number of nitrogens with one attached hydrogen (secondary N) is 2. The zero-order valence-electron chi connectivity index (χ0n) is 20.0. The highest BCUT2D eigenvalue weighted by atomic mass is 16.5. The molecule has 2 N–H and O–H groups in total. The number of carbonyl (C=O) groups excluding carboxylic acids is 4. The van der Waals surface area contributed by atoms with Gasteiger partial charge in [-0.05, 0) is 50.7 Å². The summed E-state index contributed by atoms with van der Waals surface area (Å²) in [6.45, 7) is 6.59. The van der Waals surface area contributed by atoms with Gasteiger partial charge in [0, 0.05) is 32.3 Å². The first kappa shape index (κ1) is 26.8. The third-order valence-electron chi connectivity index (χ3n) is 5.45. The molecule has 0 aliphatic carbocycles. The molecule has 1 aromatic heterocycles. The molecule has 1 saturated heterocycles. The number of hydrogen-bond donors (Lipinski definition) is 2. The van der Waals surface area contributed by atoms with E-state index in [0.29, 0.717) is 25.4 Å². The molecule has 1 aliphatic rings. The van der Waals surface area contributed by atoms with Crippen LogP contribution in [0.1, 0.15) is 46.5 Å². The Balaban J connectivity index is 2.04. The van der Waals surface area contributed by atoms with E-state index < -0.39 is 29.4 Å². The number of carbonyl (C=O) groups is 4. The van der Waals surface area contributed by atoms with E-state index in [0.717, 1.165) is 12.8 Å². The standard InChI is InChI=1S/C24H34N4O6/c1-4-34-22(31)12-6-5-10-19(25-18(3)29)23(32)26-20-11-8-14-28(24(20)33)16-21(30)27-13-7-9-17(2)15-27/h6,8,11-12,14,17,19H,4-5,7,9-10,13,15-16H2,1-3H3,(H,25,29)(H,26,32)/b12-6+. The molecule has 3 amide bonds. The predicted octanol–water partition coefficient (Wildman–Crippen LogP) is 1.45. The lowest BCUT2D eigenvalue weighted by Crippen LogP contribution is -2.44. The van der Waals surface area contributed by atoms with Gasteiger partial charge < -0.3 is 24.8 Å². The van der Waals surface area contributed by atoms with Crippen molar-refractivity contribution in [2.24, 2.45) is 5.92 Å². The largest absolute Gasteiger partial charge is 0.463 e. The number of aromatic nitrogens is 1. The Bertz CT molecular complexity index is 970. The quantitative estimate of drug-likeness (QED) is 0.390. The van der Waals surface area contributed by atoms with Gasteiger partial charge in [-0.1, -0.05) is 13.0 Å². The molecular formula is C24H34N4O6. The van der Waals surface area contributed by atoms with Crippen LogP contribution in [0.5, 0.6) is 0 Å². The number of ether oxygens (including phenoxy) is 1. The van der Waals surface area contributed by atoms with E-state index in [9.17, 15) is 24.0 Å².